The molecule has 0 aromatic heterocycles. The number of aliphatic hydroxyl groups excluding tert-OH is 9. The Hall–Kier alpha value is -2.79. The molecule has 10 N–H and O–H groups in total. The maximum absolute atomic E-state index is 14.9. The number of ether oxygens (including phenoxy) is 8. The van der Waals surface area contributed by atoms with Gasteiger partial charge in [0.2, 0.25) is 0 Å². The fourth-order valence-electron chi connectivity index (χ4n) is 15.4. The first-order chi connectivity index (χ1) is 55.7. The Morgan fingerprint density at radius 3 is 1.04 bits per heavy atom. The summed E-state index contributed by atoms with van der Waals surface area (Å²) < 4.78 is 73.3. The van der Waals surface area contributed by atoms with Crippen LogP contribution in [0, 0.1) is 0 Å². The minimum Gasteiger partial charge on any atom is -0.463 e. The Balaban J connectivity index is 1.92. The first-order valence-corrected chi connectivity index (χ1v) is 47.9. The van der Waals surface area contributed by atoms with Crippen LogP contribution in [0.5, 0.6) is 0 Å². The van der Waals surface area contributed by atoms with E-state index in [1.807, 2.05) is 0 Å². The molecule has 18 unspecified atom stereocenters. The van der Waals surface area contributed by atoms with Crippen LogP contribution in [-0.4, -0.2) is 205 Å². The number of hydrogen-bond acceptors (Lipinski definition) is 24. The fraction of sp³-hybridized carbons (Fsp3) is 0.933. The molecule has 18 atom stereocenters. The van der Waals surface area contributed by atoms with Crippen molar-refractivity contribution in [3.63, 3.8) is 0 Å². The minimum absolute atomic E-state index is 0.0173. The number of aliphatic hydroxyl groups is 9. The lowest BCUT2D eigenvalue weighted by Gasteiger charge is -2.50. The van der Waals surface area contributed by atoms with E-state index in [-0.39, 0.29) is 32.1 Å². The zero-order valence-electron chi connectivity index (χ0n) is 71.9. The molecule has 3 rings (SSSR count). The lowest BCUT2D eigenvalue weighted by molar-refractivity contribution is -0.360. The second kappa shape index (κ2) is 68.7. The van der Waals surface area contributed by atoms with Gasteiger partial charge in [0.15, 0.2) is 24.8 Å². The Labute approximate surface area is 692 Å². The van der Waals surface area contributed by atoms with Crippen molar-refractivity contribution in [2.75, 3.05) is 26.4 Å². The van der Waals surface area contributed by atoms with Crippen molar-refractivity contribution >= 4 is 31.7 Å². The second-order valence-corrected chi connectivity index (χ2v) is 34.6. The van der Waals surface area contributed by atoms with Gasteiger partial charge in [0.25, 0.3) is 0 Å². The summed E-state index contributed by atoms with van der Waals surface area (Å²) in [5, 5.41) is 102. The van der Waals surface area contributed by atoms with Gasteiger partial charge in [-0.05, 0) is 51.4 Å². The molecule has 2 aliphatic heterocycles. The minimum atomic E-state index is -5.80. The summed E-state index contributed by atoms with van der Waals surface area (Å²) in [5.41, 5.74) is 0. The SMILES string of the molecule is CCCCCCCC/C=C\CCCCCC(=O)OC1C(O)C(O)C(OC2OC(CO)C(O)C(O)C2O)C(OP(=O)(O)OCC(COC(=O)CCCCCCCCCCCCCCCCC)OC(=O)CCCCCCCCCCCCCCC)C1OC1OC(COC(=O)CCCCCCCCCCCCCCCCC)C(O)C(O)C1O. The number of rotatable bonds is 75. The van der Waals surface area contributed by atoms with Crippen molar-refractivity contribution in [1.82, 2.24) is 0 Å². The van der Waals surface area contributed by atoms with Crippen LogP contribution in [-0.2, 0) is 70.7 Å². The average Bonchev–Trinajstić information content (AvgIpc) is 0.754. The molecule has 1 aliphatic carbocycles. The number of phosphoric acid groups is 1. The highest BCUT2D eigenvalue weighted by Crippen LogP contribution is 2.49. The van der Waals surface area contributed by atoms with Gasteiger partial charge in [-0.2, -0.15) is 0 Å². The van der Waals surface area contributed by atoms with Crippen molar-refractivity contribution in [2.24, 2.45) is 0 Å². The molecule has 2 saturated heterocycles. The topological polar surface area (TPSA) is 380 Å². The molecule has 26 heteroatoms. The summed E-state index contributed by atoms with van der Waals surface area (Å²) in [6.45, 7) is 5.59. The molecule has 115 heavy (non-hydrogen) atoms. The number of carbonyl (C=O) groups excluding carboxylic acids is 4. The fourth-order valence-corrected chi connectivity index (χ4v) is 16.3. The van der Waals surface area contributed by atoms with E-state index in [1.165, 1.54) is 186 Å². The van der Waals surface area contributed by atoms with Crippen LogP contribution >= 0.6 is 7.82 Å². The molecule has 3 aliphatic rings. The molecule has 1 saturated carbocycles. The van der Waals surface area contributed by atoms with Gasteiger partial charge >= 0.3 is 31.7 Å². The summed E-state index contributed by atoms with van der Waals surface area (Å²) >= 11 is 0. The van der Waals surface area contributed by atoms with Crippen LogP contribution in [0.2, 0.25) is 0 Å². The third-order valence-electron chi connectivity index (χ3n) is 22.8. The summed E-state index contributed by atoms with van der Waals surface area (Å²) in [4.78, 5) is 66.4. The predicted octanol–water partition coefficient (Wildman–Crippen LogP) is 16.8. The number of carbonyl (C=O) groups is 4. The maximum Gasteiger partial charge on any atom is 0.472 e. The van der Waals surface area contributed by atoms with Gasteiger partial charge < -0.3 is 88.7 Å². The molecule has 0 radical (unpaired) electrons. The summed E-state index contributed by atoms with van der Waals surface area (Å²) in [6, 6.07) is 0. The standard InChI is InChI=1S/C89H165O25P/c1-5-9-13-17-21-25-29-33-35-39-41-45-49-53-57-61-72(91)105-66-69(108-74(93)63-59-55-51-47-43-37-31-27-23-19-15-11-7-3)67-107-115(103,104)114-87-85(112-88-82(101)78(97)76(95)70(65-90)109-88)81(100)80(99)84(111-75(94)64-60-56-52-48-44-38-32-28-24-20-16-12-8-4)86(87)113-89-83(102)79(98)77(96)71(110-89)68-106-73(92)62-58-54-50-46-42-40-36-34-30-26-22-18-14-10-6-2/h38,44,69-71,76-90,95-102H,5-37,39-43,45-68H2,1-4H3,(H,103,104)/b44-38-. The van der Waals surface area contributed by atoms with E-state index < -0.39 is 162 Å². The Kier molecular flexibility index (Phi) is 63.6. The summed E-state index contributed by atoms with van der Waals surface area (Å²) in [6.07, 6.45) is 26.5. The van der Waals surface area contributed by atoms with Crippen molar-refractivity contribution in [2.45, 2.75) is 504 Å². The predicted molar refractivity (Wildman–Crippen MR) is 444 cm³/mol. The molecule has 0 bridgehead atoms. The molecule has 0 aromatic rings. The summed E-state index contributed by atoms with van der Waals surface area (Å²) in [7, 11) is -5.80. The van der Waals surface area contributed by atoms with Crippen LogP contribution in [0.4, 0.5) is 0 Å². The van der Waals surface area contributed by atoms with Crippen LogP contribution < -0.4 is 0 Å². The van der Waals surface area contributed by atoms with Crippen LogP contribution in [0.1, 0.15) is 400 Å². The molecule has 3 fully saturated rings. The zero-order chi connectivity index (χ0) is 84.0. The molecular weight excluding hydrogens is 1500 g/mol. The second-order valence-electron chi connectivity index (χ2n) is 33.2. The van der Waals surface area contributed by atoms with Gasteiger partial charge in [-0.3, -0.25) is 28.2 Å². The largest absolute Gasteiger partial charge is 0.472 e. The maximum atomic E-state index is 14.9. The highest BCUT2D eigenvalue weighted by Gasteiger charge is 2.60. The van der Waals surface area contributed by atoms with Gasteiger partial charge in [0.05, 0.1) is 13.2 Å². The quantitative estimate of drug-likeness (QED) is 0.00889. The lowest BCUT2D eigenvalue weighted by Crippen LogP contribution is -2.70. The highest BCUT2D eigenvalue weighted by atomic mass is 31.2. The Bertz CT molecular complexity index is 2440. The van der Waals surface area contributed by atoms with E-state index in [0.717, 1.165) is 122 Å². The first-order valence-electron chi connectivity index (χ1n) is 46.4. The molecule has 0 spiro atoms. The molecule has 0 amide bonds. The lowest BCUT2D eigenvalue weighted by atomic mass is 9.84. The van der Waals surface area contributed by atoms with Crippen LogP contribution in [0.3, 0.4) is 0 Å². The normalized spacial score (nSPS) is 25.3. The number of allylic oxidation sites excluding steroid dienone is 2. The van der Waals surface area contributed by atoms with Gasteiger partial charge in [-0.1, -0.05) is 335 Å². The number of esters is 4. The number of hydrogen-bond donors (Lipinski definition) is 10. The van der Waals surface area contributed by atoms with E-state index in [0.29, 0.717) is 32.1 Å². The molecule has 0 aromatic carbocycles. The van der Waals surface area contributed by atoms with E-state index in [4.69, 9.17) is 46.9 Å². The monoisotopic (exact) mass is 1670 g/mol. The van der Waals surface area contributed by atoms with Gasteiger partial charge in [-0.15, -0.1) is 0 Å². The molecule has 676 valence electrons. The van der Waals surface area contributed by atoms with Crippen molar-refractivity contribution in [3.8, 4) is 0 Å². The smallest absolute Gasteiger partial charge is 0.463 e. The Morgan fingerprint density at radius 2 is 0.652 bits per heavy atom. The van der Waals surface area contributed by atoms with E-state index in [2.05, 4.69) is 39.8 Å². The van der Waals surface area contributed by atoms with E-state index in [1.54, 1.807) is 0 Å². The Morgan fingerprint density at radius 1 is 0.339 bits per heavy atom. The molecular formula is C89H165O25P. The number of unbranched alkanes of at least 4 members (excludes halogenated alkanes) is 49. The first kappa shape index (κ1) is 106. The van der Waals surface area contributed by atoms with Crippen molar-refractivity contribution in [1.29, 1.82) is 0 Å². The zero-order valence-corrected chi connectivity index (χ0v) is 72.7. The van der Waals surface area contributed by atoms with Crippen LogP contribution in [0.15, 0.2) is 12.2 Å². The van der Waals surface area contributed by atoms with E-state index >= 15 is 0 Å². The average molecular weight is 1670 g/mol. The van der Waals surface area contributed by atoms with E-state index in [9.17, 15) is 74.6 Å². The van der Waals surface area contributed by atoms with Gasteiger partial charge in [-0.25, -0.2) is 4.57 Å². The number of phosphoric ester groups is 1. The molecule has 25 nitrogen and oxygen atoms in total. The van der Waals surface area contributed by atoms with Crippen molar-refractivity contribution < 1.29 is 122 Å². The third-order valence-corrected chi connectivity index (χ3v) is 23.8. The highest BCUT2D eigenvalue weighted by molar-refractivity contribution is 7.47. The van der Waals surface area contributed by atoms with Gasteiger partial charge in [0.1, 0.15) is 92.6 Å². The van der Waals surface area contributed by atoms with Crippen molar-refractivity contribution in [3.05, 3.63) is 12.2 Å². The summed E-state index contributed by atoms with van der Waals surface area (Å²) in [5.74, 6) is -2.97. The van der Waals surface area contributed by atoms with Crippen LogP contribution in [0.25, 0.3) is 0 Å². The molecule has 2 heterocycles. The third kappa shape index (κ3) is 49.2. The van der Waals surface area contributed by atoms with Gasteiger partial charge in [0, 0.05) is 25.7 Å².